The Morgan fingerprint density at radius 2 is 0.355 bits per heavy atom. The lowest BCUT2D eigenvalue weighted by Gasteiger charge is -2.39. The number of nitrogens with zero attached hydrogens (tertiary/aromatic N) is 4. The van der Waals surface area contributed by atoms with Gasteiger partial charge in [-0.2, -0.15) is 0 Å². The zero-order chi connectivity index (χ0) is 81.8. The number of para-hydroxylation sites is 1. The molecule has 2 aliphatic carbocycles. The molecule has 0 unspecified atom stereocenters. The summed E-state index contributed by atoms with van der Waals surface area (Å²) in [5.41, 5.74) is 37.9. The monoisotopic (exact) mass is 1580 g/mol. The zero-order valence-corrected chi connectivity index (χ0v) is 67.3. The highest BCUT2D eigenvalue weighted by atomic mass is 16.5. The summed E-state index contributed by atoms with van der Waals surface area (Å²) in [6.07, 6.45) is 0. The van der Waals surface area contributed by atoms with E-state index in [0.29, 0.717) is 11.6 Å². The summed E-state index contributed by atoms with van der Waals surface area (Å²) in [5, 5.41) is 0. The Morgan fingerprint density at radius 1 is 0.137 bits per heavy atom. The van der Waals surface area contributed by atoms with E-state index in [9.17, 15) is 0 Å². The second-order valence-electron chi connectivity index (χ2n) is 32.6. The first-order valence-corrected chi connectivity index (χ1v) is 42.3. The number of ether oxygens (including phenoxy) is 2. The third kappa shape index (κ3) is 11.9. The molecule has 578 valence electrons. The maximum atomic E-state index is 7.42. The van der Waals surface area contributed by atoms with E-state index in [4.69, 9.17) is 29.4 Å². The van der Waals surface area contributed by atoms with Crippen LogP contribution in [0.2, 0.25) is 0 Å². The molecule has 0 fully saturated rings. The van der Waals surface area contributed by atoms with Crippen LogP contribution in [0.5, 0.6) is 23.0 Å². The largest absolute Gasteiger partial charge is 0.457 e. The Labute approximate surface area is 719 Å². The number of fused-ring (bicyclic) bond motifs is 18. The lowest BCUT2D eigenvalue weighted by atomic mass is 9.65. The summed E-state index contributed by atoms with van der Waals surface area (Å²) in [6.45, 7) is 0. The second-order valence-corrected chi connectivity index (χ2v) is 32.6. The molecular formula is C118H74N4O2. The van der Waals surface area contributed by atoms with Crippen molar-refractivity contribution in [3.8, 4) is 191 Å². The molecule has 18 aromatic carbocycles. The molecule has 0 atom stereocenters. The smallest absolute Gasteiger partial charge is 0.160 e. The highest BCUT2D eigenvalue weighted by molar-refractivity contribution is 5.93. The molecule has 124 heavy (non-hydrogen) atoms. The number of benzene rings is 18. The summed E-state index contributed by atoms with van der Waals surface area (Å²) in [6, 6.07) is 161. The van der Waals surface area contributed by atoms with Crippen LogP contribution in [0.1, 0.15) is 44.5 Å². The molecule has 20 aromatic rings. The molecule has 4 aliphatic rings. The lowest BCUT2D eigenvalue weighted by Crippen LogP contribution is -2.32. The molecule has 2 spiro atoms. The first-order valence-electron chi connectivity index (χ1n) is 42.3. The van der Waals surface area contributed by atoms with E-state index in [1.807, 2.05) is 36.4 Å². The molecule has 2 aliphatic heterocycles. The fourth-order valence-corrected chi connectivity index (χ4v) is 19.9. The van der Waals surface area contributed by atoms with Crippen LogP contribution in [0.3, 0.4) is 0 Å². The van der Waals surface area contributed by atoms with Gasteiger partial charge in [-0.05, 0) is 195 Å². The van der Waals surface area contributed by atoms with Gasteiger partial charge in [0, 0.05) is 55.6 Å². The van der Waals surface area contributed by atoms with Crippen molar-refractivity contribution in [2.45, 2.75) is 10.8 Å². The molecule has 6 heteroatoms. The molecule has 2 aromatic heterocycles. The summed E-state index contributed by atoms with van der Waals surface area (Å²) >= 11 is 0. The minimum absolute atomic E-state index is 0.523. The summed E-state index contributed by atoms with van der Waals surface area (Å²) in [4.78, 5) is 21.1. The van der Waals surface area contributed by atoms with Gasteiger partial charge in [0.15, 0.2) is 11.6 Å². The second kappa shape index (κ2) is 29.3. The van der Waals surface area contributed by atoms with Gasteiger partial charge in [0.2, 0.25) is 0 Å². The summed E-state index contributed by atoms with van der Waals surface area (Å²) < 4.78 is 14.4. The zero-order valence-electron chi connectivity index (χ0n) is 67.3. The predicted octanol–water partition coefficient (Wildman–Crippen LogP) is 29.9. The Morgan fingerprint density at radius 3 is 0.702 bits per heavy atom. The van der Waals surface area contributed by atoms with E-state index in [2.05, 4.69) is 413 Å². The van der Waals surface area contributed by atoms with Gasteiger partial charge in [0.25, 0.3) is 0 Å². The molecule has 0 bridgehead atoms. The van der Waals surface area contributed by atoms with Crippen LogP contribution in [-0.4, -0.2) is 19.9 Å². The Balaban J connectivity index is 0.534. The fourth-order valence-electron chi connectivity index (χ4n) is 19.9. The van der Waals surface area contributed by atoms with Gasteiger partial charge >= 0.3 is 0 Å². The van der Waals surface area contributed by atoms with Crippen molar-refractivity contribution in [2.75, 3.05) is 0 Å². The average molecular weight is 1580 g/mol. The van der Waals surface area contributed by atoms with Gasteiger partial charge in [-0.3, -0.25) is 0 Å². The Bertz CT molecular complexity index is 7590. The van der Waals surface area contributed by atoms with Gasteiger partial charge in [0.05, 0.1) is 33.6 Å². The molecule has 0 amide bonds. The van der Waals surface area contributed by atoms with Crippen LogP contribution >= 0.6 is 0 Å². The van der Waals surface area contributed by atoms with Gasteiger partial charge in [-0.15, -0.1) is 0 Å². The molecule has 0 saturated carbocycles. The molecule has 0 radical (unpaired) electrons. The van der Waals surface area contributed by atoms with E-state index < -0.39 is 10.8 Å². The topological polar surface area (TPSA) is 70.0 Å². The minimum atomic E-state index is -0.659. The SMILES string of the molecule is c1ccc(-c2cccc(-c3cc(-c4cccc(-c5cccc(-c6ccc7c(c6)Oc6cc(-c8cccc(-c9ccc(-c%10cc(-c%11cccc(-c%12cccc(-c%13ccc%14c(c%13)Oc%13ccccc%13C%14%13c%14ccccc%14-c%14ccccc%14%13)c%12)c%11)nc(-c%11ccccc%11)n%10)cc9)c8)ccc6C76c7ccccc7-c7ccccc76)c5)c4)nc(-c4ccccc4)n3)c2)cc1. The van der Waals surface area contributed by atoms with Gasteiger partial charge in [0.1, 0.15) is 23.0 Å². The van der Waals surface area contributed by atoms with Crippen molar-refractivity contribution in [3.63, 3.8) is 0 Å². The first kappa shape index (κ1) is 71.8. The third-order valence-corrected chi connectivity index (χ3v) is 25.7. The number of hydrogen-bond acceptors (Lipinski definition) is 6. The summed E-state index contributed by atoms with van der Waals surface area (Å²) in [7, 11) is 0. The van der Waals surface area contributed by atoms with Crippen molar-refractivity contribution in [1.29, 1.82) is 0 Å². The molecule has 4 heterocycles. The predicted molar refractivity (Wildman–Crippen MR) is 503 cm³/mol. The van der Waals surface area contributed by atoms with Crippen molar-refractivity contribution >= 4 is 0 Å². The van der Waals surface area contributed by atoms with Crippen molar-refractivity contribution in [3.05, 3.63) is 493 Å². The Hall–Kier alpha value is -16.3. The van der Waals surface area contributed by atoms with Gasteiger partial charge < -0.3 is 9.47 Å². The van der Waals surface area contributed by atoms with E-state index >= 15 is 0 Å². The van der Waals surface area contributed by atoms with Crippen LogP contribution < -0.4 is 9.47 Å². The normalized spacial score (nSPS) is 12.9. The van der Waals surface area contributed by atoms with Crippen LogP contribution in [-0.2, 0) is 10.8 Å². The van der Waals surface area contributed by atoms with Gasteiger partial charge in [-0.25, -0.2) is 19.9 Å². The average Bonchev–Trinajstić information content (AvgIpc) is 1.51. The van der Waals surface area contributed by atoms with Crippen LogP contribution in [0.4, 0.5) is 0 Å². The number of rotatable bonds is 13. The van der Waals surface area contributed by atoms with Crippen molar-refractivity contribution in [1.82, 2.24) is 19.9 Å². The highest BCUT2D eigenvalue weighted by Gasteiger charge is 2.53. The van der Waals surface area contributed by atoms with Crippen LogP contribution in [0, 0.1) is 0 Å². The molecule has 6 nitrogen and oxygen atoms in total. The molecule has 24 rings (SSSR count). The standard InChI is InChI=1S/C118H74N4O2/c1-4-26-75(27-5-1)81-33-23-41-92(67-81)109-74-110(122-116(121-109)79-30-8-3-9-31-79)94-43-25-40-88(69-94)83-35-22-38-86(66-83)91-60-63-106-114(72-91)124-113-71-90(59-62-105(113)118(106)101-50-16-12-46-97(101)98-47-13-17-51-102(98)118)84-36-20-32-80(64-84)76-54-56-77(57-55-76)107-73-108(120-115(119-107)78-28-6-2-7-29-78)93-42-24-39-87(68-93)82-34-21-37-85(65-82)89-58-61-104-112(70-89)123-111-53-19-18-52-103(111)117(104)99-48-14-10-44-95(99)96-45-11-15-49-100(96)117/h1-74H. The van der Waals surface area contributed by atoms with E-state index in [1.165, 1.54) is 44.5 Å². The molecule has 0 saturated heterocycles. The Kier molecular flexibility index (Phi) is 17.0. The summed E-state index contributed by atoms with van der Waals surface area (Å²) in [5.74, 6) is 4.71. The number of aromatic nitrogens is 4. The third-order valence-electron chi connectivity index (χ3n) is 25.7. The number of hydrogen-bond donors (Lipinski definition) is 0. The van der Waals surface area contributed by atoms with E-state index in [-0.39, 0.29) is 0 Å². The maximum Gasteiger partial charge on any atom is 0.160 e. The molecular weight excluding hydrogens is 1510 g/mol. The molecule has 0 N–H and O–H groups in total. The van der Waals surface area contributed by atoms with Gasteiger partial charge in [-0.1, -0.05) is 376 Å². The minimum Gasteiger partial charge on any atom is -0.457 e. The maximum absolute atomic E-state index is 7.42. The lowest BCUT2D eigenvalue weighted by molar-refractivity contribution is 0.436. The van der Waals surface area contributed by atoms with Crippen LogP contribution in [0.25, 0.3) is 168 Å². The van der Waals surface area contributed by atoms with Crippen molar-refractivity contribution < 1.29 is 9.47 Å². The van der Waals surface area contributed by atoms with E-state index in [1.54, 1.807) is 0 Å². The quantitative estimate of drug-likeness (QED) is 0.115. The van der Waals surface area contributed by atoms with Crippen molar-refractivity contribution in [2.24, 2.45) is 0 Å². The van der Waals surface area contributed by atoms with E-state index in [0.717, 1.165) is 179 Å². The fraction of sp³-hybridized carbons (Fsp3) is 0.0169. The van der Waals surface area contributed by atoms with Crippen LogP contribution in [0.15, 0.2) is 449 Å². The first-order chi connectivity index (χ1) is 61.4. The highest BCUT2D eigenvalue weighted by Crippen LogP contribution is 2.65.